The van der Waals surface area contributed by atoms with Gasteiger partial charge in [-0.25, -0.2) is 0 Å². The summed E-state index contributed by atoms with van der Waals surface area (Å²) < 4.78 is 0. The van der Waals surface area contributed by atoms with Crippen LogP contribution in [0, 0.1) is 12.8 Å². The maximum atomic E-state index is 11.7. The molecule has 4 N–H and O–H groups in total. The van der Waals surface area contributed by atoms with Crippen LogP contribution in [-0.2, 0) is 4.79 Å². The molecule has 0 aliphatic rings. The molecule has 0 aromatic heterocycles. The van der Waals surface area contributed by atoms with E-state index in [-0.39, 0.29) is 17.6 Å². The number of nitrogens with two attached hydrogens (primary N) is 1. The van der Waals surface area contributed by atoms with Crippen LogP contribution in [0.1, 0.15) is 18.9 Å². The molecule has 0 heterocycles. The van der Waals surface area contributed by atoms with Gasteiger partial charge < -0.3 is 16.2 Å². The van der Waals surface area contributed by atoms with Crippen molar-refractivity contribution >= 4 is 11.6 Å². The normalized spacial score (nSPS) is 12.2. The number of aryl methyl sites for hydroxylation is 1. The Bertz CT molecular complexity index is 377. The lowest BCUT2D eigenvalue weighted by atomic mass is 10.1. The predicted octanol–water partition coefficient (Wildman–Crippen LogP) is 1.62. The number of amides is 1. The lowest BCUT2D eigenvalue weighted by Crippen LogP contribution is -2.23. The minimum absolute atomic E-state index is 0.0424. The van der Waals surface area contributed by atoms with Crippen molar-refractivity contribution in [3.63, 3.8) is 0 Å². The molecule has 0 saturated carbocycles. The van der Waals surface area contributed by atoms with E-state index in [0.717, 1.165) is 11.3 Å². The van der Waals surface area contributed by atoms with E-state index in [2.05, 4.69) is 5.32 Å². The van der Waals surface area contributed by atoms with Gasteiger partial charge in [-0.2, -0.15) is 0 Å². The Balaban J connectivity index is 2.69. The van der Waals surface area contributed by atoms with Crippen molar-refractivity contribution in [1.29, 1.82) is 0 Å². The first-order chi connectivity index (χ1) is 7.54. The number of carbonyl (C=O) groups excluding carboxylic acids is 1. The third kappa shape index (κ3) is 3.24. The van der Waals surface area contributed by atoms with Crippen molar-refractivity contribution in [2.24, 2.45) is 11.7 Å². The summed E-state index contributed by atoms with van der Waals surface area (Å²) in [6.45, 7) is 4.18. The van der Waals surface area contributed by atoms with Crippen LogP contribution in [0.15, 0.2) is 18.2 Å². The fourth-order valence-corrected chi connectivity index (χ4v) is 1.43. The minimum atomic E-state index is -0.0989. The van der Waals surface area contributed by atoms with Crippen LogP contribution in [0.25, 0.3) is 0 Å². The molecule has 1 unspecified atom stereocenters. The average molecular weight is 222 g/mol. The Morgan fingerprint density at radius 1 is 1.56 bits per heavy atom. The van der Waals surface area contributed by atoms with E-state index in [4.69, 9.17) is 5.73 Å². The van der Waals surface area contributed by atoms with E-state index in [1.807, 2.05) is 13.8 Å². The Morgan fingerprint density at radius 3 is 2.81 bits per heavy atom. The van der Waals surface area contributed by atoms with Gasteiger partial charge in [0.2, 0.25) is 5.91 Å². The molecule has 0 aliphatic heterocycles. The van der Waals surface area contributed by atoms with Gasteiger partial charge in [0.15, 0.2) is 0 Å². The van der Waals surface area contributed by atoms with E-state index >= 15 is 0 Å². The highest BCUT2D eigenvalue weighted by molar-refractivity contribution is 5.93. The van der Waals surface area contributed by atoms with Gasteiger partial charge in [-0.3, -0.25) is 4.79 Å². The van der Waals surface area contributed by atoms with Gasteiger partial charge in [0.1, 0.15) is 5.75 Å². The van der Waals surface area contributed by atoms with Gasteiger partial charge in [0.25, 0.3) is 0 Å². The maximum Gasteiger partial charge on any atom is 0.227 e. The van der Waals surface area contributed by atoms with E-state index in [1.165, 1.54) is 0 Å². The summed E-state index contributed by atoms with van der Waals surface area (Å²) in [6.07, 6.45) is 0.670. The van der Waals surface area contributed by atoms with Crippen LogP contribution in [0.3, 0.4) is 0 Å². The highest BCUT2D eigenvalue weighted by Crippen LogP contribution is 2.20. The monoisotopic (exact) mass is 222 g/mol. The second-order valence-electron chi connectivity index (χ2n) is 3.97. The molecule has 0 radical (unpaired) electrons. The Labute approximate surface area is 95.5 Å². The summed E-state index contributed by atoms with van der Waals surface area (Å²) in [4.78, 5) is 11.7. The minimum Gasteiger partial charge on any atom is -0.508 e. The zero-order chi connectivity index (χ0) is 12.1. The third-order valence-electron chi connectivity index (χ3n) is 2.52. The molecule has 16 heavy (non-hydrogen) atoms. The number of benzene rings is 1. The topological polar surface area (TPSA) is 75.3 Å². The van der Waals surface area contributed by atoms with Crippen molar-refractivity contribution in [3.8, 4) is 5.75 Å². The quantitative estimate of drug-likeness (QED) is 0.678. The molecule has 0 spiro atoms. The summed E-state index contributed by atoms with van der Waals surface area (Å²) in [5, 5.41) is 12.1. The van der Waals surface area contributed by atoms with Crippen LogP contribution < -0.4 is 11.1 Å². The molecule has 0 aliphatic carbocycles. The van der Waals surface area contributed by atoms with E-state index in [9.17, 15) is 9.90 Å². The first-order valence-electron chi connectivity index (χ1n) is 5.35. The summed E-state index contributed by atoms with van der Waals surface area (Å²) in [5.74, 6) is 0.0583. The van der Waals surface area contributed by atoms with Crippen molar-refractivity contribution in [3.05, 3.63) is 23.8 Å². The standard InChI is InChI=1S/C12H18N2O2/c1-8(5-6-13)12(16)14-11-4-3-10(15)7-9(11)2/h3-4,7-8,15H,5-6,13H2,1-2H3,(H,14,16). The van der Waals surface area contributed by atoms with Crippen molar-refractivity contribution in [1.82, 2.24) is 0 Å². The van der Waals surface area contributed by atoms with Crippen LogP contribution in [0.4, 0.5) is 5.69 Å². The molecule has 0 fully saturated rings. The third-order valence-corrected chi connectivity index (χ3v) is 2.52. The molecule has 1 aromatic carbocycles. The van der Waals surface area contributed by atoms with E-state index < -0.39 is 0 Å². The fourth-order valence-electron chi connectivity index (χ4n) is 1.43. The number of anilines is 1. The van der Waals surface area contributed by atoms with Gasteiger partial charge in [-0.15, -0.1) is 0 Å². The molecule has 1 amide bonds. The van der Waals surface area contributed by atoms with Gasteiger partial charge in [-0.1, -0.05) is 6.92 Å². The average Bonchev–Trinajstić information content (AvgIpc) is 2.22. The number of phenolic OH excluding ortho intramolecular Hbond substituents is 1. The lowest BCUT2D eigenvalue weighted by Gasteiger charge is -2.12. The van der Waals surface area contributed by atoms with Crippen molar-refractivity contribution < 1.29 is 9.90 Å². The number of carbonyl (C=O) groups is 1. The molecule has 88 valence electrons. The molecule has 0 saturated heterocycles. The first kappa shape index (κ1) is 12.5. The summed E-state index contributed by atoms with van der Waals surface area (Å²) >= 11 is 0. The Morgan fingerprint density at radius 2 is 2.25 bits per heavy atom. The van der Waals surface area contributed by atoms with Crippen molar-refractivity contribution in [2.45, 2.75) is 20.3 Å². The zero-order valence-electron chi connectivity index (χ0n) is 9.66. The second kappa shape index (κ2) is 5.51. The number of phenols is 1. The van der Waals surface area contributed by atoms with Crippen molar-refractivity contribution in [2.75, 3.05) is 11.9 Å². The van der Waals surface area contributed by atoms with Crippen LogP contribution >= 0.6 is 0 Å². The van der Waals surface area contributed by atoms with Gasteiger partial charge in [0, 0.05) is 11.6 Å². The van der Waals surface area contributed by atoms with E-state index in [1.54, 1.807) is 18.2 Å². The number of hydrogen-bond acceptors (Lipinski definition) is 3. The molecule has 4 nitrogen and oxygen atoms in total. The molecule has 1 aromatic rings. The molecule has 1 rings (SSSR count). The fraction of sp³-hybridized carbons (Fsp3) is 0.417. The zero-order valence-corrected chi connectivity index (χ0v) is 9.66. The molecule has 4 heteroatoms. The molecular formula is C12H18N2O2. The Hall–Kier alpha value is -1.55. The maximum absolute atomic E-state index is 11.7. The summed E-state index contributed by atoms with van der Waals surface area (Å²) in [7, 11) is 0. The number of rotatable bonds is 4. The first-order valence-corrected chi connectivity index (χ1v) is 5.35. The second-order valence-corrected chi connectivity index (χ2v) is 3.97. The lowest BCUT2D eigenvalue weighted by molar-refractivity contribution is -0.119. The summed E-state index contributed by atoms with van der Waals surface area (Å²) in [5.41, 5.74) is 6.97. The molecule has 0 bridgehead atoms. The molecule has 1 atom stereocenters. The smallest absolute Gasteiger partial charge is 0.227 e. The largest absolute Gasteiger partial charge is 0.508 e. The Kier molecular flexibility index (Phi) is 4.31. The number of nitrogens with one attached hydrogen (secondary N) is 1. The molecular weight excluding hydrogens is 204 g/mol. The van der Waals surface area contributed by atoms with Crippen LogP contribution in [-0.4, -0.2) is 17.6 Å². The van der Waals surface area contributed by atoms with E-state index in [0.29, 0.717) is 13.0 Å². The van der Waals surface area contributed by atoms with Gasteiger partial charge in [0.05, 0.1) is 0 Å². The van der Waals surface area contributed by atoms with Gasteiger partial charge >= 0.3 is 0 Å². The predicted molar refractivity (Wildman–Crippen MR) is 64.3 cm³/mol. The van der Waals surface area contributed by atoms with Gasteiger partial charge in [-0.05, 0) is 43.7 Å². The summed E-state index contributed by atoms with van der Waals surface area (Å²) in [6, 6.07) is 4.86. The number of hydrogen-bond donors (Lipinski definition) is 3. The number of aromatic hydroxyl groups is 1. The van der Waals surface area contributed by atoms with Crippen LogP contribution in [0.5, 0.6) is 5.75 Å². The SMILES string of the molecule is Cc1cc(O)ccc1NC(=O)C(C)CCN. The van der Waals surface area contributed by atoms with Crippen LogP contribution in [0.2, 0.25) is 0 Å². The highest BCUT2D eigenvalue weighted by Gasteiger charge is 2.12. The highest BCUT2D eigenvalue weighted by atomic mass is 16.3.